The second-order valence-electron chi connectivity index (χ2n) is 6.85. The number of carbonyl (C=O) groups is 2. The molecule has 6 nitrogen and oxygen atoms in total. The Labute approximate surface area is 175 Å². The van der Waals surface area contributed by atoms with Crippen molar-refractivity contribution in [3.63, 3.8) is 0 Å². The number of piperazine rings is 1. The van der Waals surface area contributed by atoms with Crippen LogP contribution in [0.1, 0.15) is 12.0 Å². The minimum absolute atomic E-state index is 0. The third-order valence-corrected chi connectivity index (χ3v) is 4.81. The summed E-state index contributed by atoms with van der Waals surface area (Å²) in [6.07, 6.45) is -0.523. The Bertz CT molecular complexity index is 644. The Morgan fingerprint density at radius 1 is 1.11 bits per heavy atom. The van der Waals surface area contributed by atoms with Crippen molar-refractivity contribution < 1.29 is 18.4 Å². The molecular weight excluding hydrogens is 413 g/mol. The van der Waals surface area contributed by atoms with Crippen molar-refractivity contribution in [2.75, 3.05) is 39.3 Å². The van der Waals surface area contributed by atoms with Gasteiger partial charge in [0, 0.05) is 39.1 Å². The molecule has 0 spiro atoms. The average Bonchev–Trinajstić information content (AvgIpc) is 3.01. The fourth-order valence-corrected chi connectivity index (χ4v) is 3.30. The van der Waals surface area contributed by atoms with Crippen LogP contribution >= 0.6 is 24.8 Å². The molecule has 1 aromatic rings. The Morgan fingerprint density at radius 3 is 2.32 bits per heavy atom. The number of carbonyl (C=O) groups excluding carboxylic acids is 2. The molecule has 2 heterocycles. The van der Waals surface area contributed by atoms with Crippen molar-refractivity contribution in [3.05, 3.63) is 35.9 Å². The van der Waals surface area contributed by atoms with E-state index in [1.807, 2.05) is 18.2 Å². The third kappa shape index (κ3) is 6.84. The highest BCUT2D eigenvalue weighted by molar-refractivity contribution is 5.87. The second-order valence-corrected chi connectivity index (χ2v) is 6.85. The number of amides is 2. The van der Waals surface area contributed by atoms with Gasteiger partial charge in [0.2, 0.25) is 11.8 Å². The molecule has 2 amide bonds. The van der Waals surface area contributed by atoms with Crippen LogP contribution in [0.5, 0.6) is 0 Å². The number of hydrogen-bond acceptors (Lipinski definition) is 4. The highest BCUT2D eigenvalue weighted by Gasteiger charge is 2.42. The fourth-order valence-electron chi connectivity index (χ4n) is 3.30. The Kier molecular flexibility index (Phi) is 9.56. The van der Waals surface area contributed by atoms with Gasteiger partial charge in [0.25, 0.3) is 5.92 Å². The summed E-state index contributed by atoms with van der Waals surface area (Å²) < 4.78 is 26.2. The van der Waals surface area contributed by atoms with Crippen LogP contribution in [0.3, 0.4) is 0 Å². The molecule has 3 rings (SSSR count). The summed E-state index contributed by atoms with van der Waals surface area (Å²) in [6, 6.07) is 9.22. The minimum Gasteiger partial charge on any atom is -0.346 e. The summed E-state index contributed by atoms with van der Waals surface area (Å²) in [4.78, 5) is 28.1. The Hall–Kier alpha value is -1.48. The first kappa shape index (κ1) is 24.6. The summed E-state index contributed by atoms with van der Waals surface area (Å²) >= 11 is 0. The molecule has 0 saturated carbocycles. The molecule has 158 valence electrons. The van der Waals surface area contributed by atoms with Gasteiger partial charge in [-0.1, -0.05) is 30.3 Å². The largest absolute Gasteiger partial charge is 0.346 e. The van der Waals surface area contributed by atoms with Crippen molar-refractivity contribution in [2.45, 2.75) is 24.9 Å². The molecule has 2 saturated heterocycles. The van der Waals surface area contributed by atoms with Crippen LogP contribution in [0.4, 0.5) is 8.78 Å². The molecule has 0 aromatic heterocycles. The van der Waals surface area contributed by atoms with Gasteiger partial charge in [0.15, 0.2) is 0 Å². The van der Waals surface area contributed by atoms with Crippen LogP contribution in [-0.2, 0) is 16.1 Å². The van der Waals surface area contributed by atoms with Gasteiger partial charge >= 0.3 is 0 Å². The van der Waals surface area contributed by atoms with Gasteiger partial charge < -0.3 is 10.2 Å². The second kappa shape index (κ2) is 10.9. The Balaban J connectivity index is 0.00000196. The lowest BCUT2D eigenvalue weighted by Crippen LogP contribution is -2.52. The third-order valence-electron chi connectivity index (χ3n) is 4.81. The summed E-state index contributed by atoms with van der Waals surface area (Å²) in [6.45, 7) is 2.93. The monoisotopic (exact) mass is 438 g/mol. The van der Waals surface area contributed by atoms with Crippen LogP contribution < -0.4 is 10.6 Å². The fraction of sp³-hybridized carbons (Fsp3) is 0.556. The Morgan fingerprint density at radius 2 is 1.75 bits per heavy atom. The van der Waals surface area contributed by atoms with E-state index in [1.54, 1.807) is 4.90 Å². The van der Waals surface area contributed by atoms with Crippen LogP contribution in [0.2, 0.25) is 0 Å². The van der Waals surface area contributed by atoms with Gasteiger partial charge in [-0.3, -0.25) is 19.8 Å². The van der Waals surface area contributed by atoms with Gasteiger partial charge in [0.1, 0.15) is 0 Å². The first-order valence-electron chi connectivity index (χ1n) is 8.86. The zero-order chi connectivity index (χ0) is 18.6. The standard InChI is InChI=1S/C18H24F2N4O2.2ClH/c19-18(20)10-15(22-13-18)17(26)21-11-16(25)24-8-6-23(7-9-24)12-14-4-2-1-3-5-14;;/h1-5,15,22H,6-13H2,(H,21,26);2*1H. The highest BCUT2D eigenvalue weighted by atomic mass is 35.5. The topological polar surface area (TPSA) is 64.7 Å². The number of rotatable bonds is 5. The molecule has 1 atom stereocenters. The van der Waals surface area contributed by atoms with E-state index in [1.165, 1.54) is 5.56 Å². The normalized spacial score (nSPS) is 21.4. The molecule has 0 aliphatic carbocycles. The molecule has 0 bridgehead atoms. The number of hydrogen-bond donors (Lipinski definition) is 2. The van der Waals surface area contributed by atoms with E-state index < -0.39 is 30.8 Å². The maximum Gasteiger partial charge on any atom is 0.262 e. The van der Waals surface area contributed by atoms with E-state index in [2.05, 4.69) is 27.7 Å². The van der Waals surface area contributed by atoms with Crippen molar-refractivity contribution in [1.82, 2.24) is 20.4 Å². The highest BCUT2D eigenvalue weighted by Crippen LogP contribution is 2.24. The van der Waals surface area contributed by atoms with E-state index in [4.69, 9.17) is 0 Å². The SMILES string of the molecule is Cl.Cl.O=C(NCC(=O)N1CCN(Cc2ccccc2)CC1)C1CC(F)(F)CN1. The van der Waals surface area contributed by atoms with Crippen molar-refractivity contribution in [3.8, 4) is 0 Å². The van der Waals surface area contributed by atoms with E-state index >= 15 is 0 Å². The summed E-state index contributed by atoms with van der Waals surface area (Å²) in [5, 5.41) is 4.96. The minimum atomic E-state index is -2.86. The predicted molar refractivity (Wildman–Crippen MR) is 107 cm³/mol. The van der Waals surface area contributed by atoms with Gasteiger partial charge in [-0.25, -0.2) is 8.78 Å². The van der Waals surface area contributed by atoms with E-state index in [0.717, 1.165) is 19.6 Å². The van der Waals surface area contributed by atoms with Crippen LogP contribution in [0.25, 0.3) is 0 Å². The molecule has 2 aliphatic heterocycles. The molecule has 0 radical (unpaired) electrons. The molecule has 10 heteroatoms. The maximum atomic E-state index is 13.1. The van der Waals surface area contributed by atoms with E-state index in [-0.39, 0.29) is 37.3 Å². The average molecular weight is 439 g/mol. The van der Waals surface area contributed by atoms with Gasteiger partial charge in [-0.2, -0.15) is 0 Å². The zero-order valence-electron chi connectivity index (χ0n) is 15.4. The van der Waals surface area contributed by atoms with Gasteiger partial charge in [-0.15, -0.1) is 24.8 Å². The zero-order valence-corrected chi connectivity index (χ0v) is 17.0. The number of nitrogens with zero attached hydrogens (tertiary/aromatic N) is 2. The van der Waals surface area contributed by atoms with Crippen LogP contribution in [-0.4, -0.2) is 72.8 Å². The lowest BCUT2D eigenvalue weighted by molar-refractivity contribution is -0.134. The maximum absolute atomic E-state index is 13.1. The number of halogens is 4. The van der Waals surface area contributed by atoms with E-state index in [0.29, 0.717) is 13.1 Å². The molecule has 2 aliphatic rings. The molecule has 1 unspecified atom stereocenters. The van der Waals surface area contributed by atoms with Crippen molar-refractivity contribution in [2.24, 2.45) is 0 Å². The number of nitrogens with one attached hydrogen (secondary N) is 2. The first-order valence-corrected chi connectivity index (χ1v) is 8.86. The van der Waals surface area contributed by atoms with E-state index in [9.17, 15) is 18.4 Å². The smallest absolute Gasteiger partial charge is 0.262 e. The number of alkyl halides is 2. The van der Waals surface area contributed by atoms with Crippen molar-refractivity contribution in [1.29, 1.82) is 0 Å². The molecule has 2 N–H and O–H groups in total. The van der Waals surface area contributed by atoms with Crippen molar-refractivity contribution >= 4 is 36.6 Å². The first-order chi connectivity index (χ1) is 12.4. The molecular formula is C18H26Cl2F2N4O2. The van der Waals surface area contributed by atoms with Crippen LogP contribution in [0, 0.1) is 0 Å². The summed E-state index contributed by atoms with van der Waals surface area (Å²) in [7, 11) is 0. The predicted octanol–water partition coefficient (Wildman–Crippen LogP) is 1.29. The number of benzene rings is 1. The van der Waals surface area contributed by atoms with Gasteiger partial charge in [0.05, 0.1) is 19.1 Å². The lowest BCUT2D eigenvalue weighted by atomic mass is 10.2. The summed E-state index contributed by atoms with van der Waals surface area (Å²) in [5.41, 5.74) is 1.24. The quantitative estimate of drug-likeness (QED) is 0.726. The van der Waals surface area contributed by atoms with Gasteiger partial charge in [-0.05, 0) is 5.56 Å². The summed E-state index contributed by atoms with van der Waals surface area (Å²) in [5.74, 6) is -3.58. The molecule has 28 heavy (non-hydrogen) atoms. The molecule has 2 fully saturated rings. The lowest BCUT2D eigenvalue weighted by Gasteiger charge is -2.34. The van der Waals surface area contributed by atoms with Crippen LogP contribution in [0.15, 0.2) is 30.3 Å². The molecule has 1 aromatic carbocycles.